The Kier molecular flexibility index (Phi) is 4.10. The van der Waals surface area contributed by atoms with Gasteiger partial charge < -0.3 is 9.80 Å². The van der Waals surface area contributed by atoms with Gasteiger partial charge in [0.2, 0.25) is 0 Å². The van der Waals surface area contributed by atoms with Crippen LogP contribution in [0.5, 0.6) is 0 Å². The molecule has 1 fully saturated rings. The molecular formula is C15H16ClF3N4. The molecule has 3 rings (SSSR count). The second-order valence-electron chi connectivity index (χ2n) is 5.75. The maximum atomic E-state index is 13.5. The molecule has 0 radical (unpaired) electrons. The lowest BCUT2D eigenvalue weighted by atomic mass is 10.1. The second-order valence-corrected chi connectivity index (χ2v) is 6.10. The van der Waals surface area contributed by atoms with Crippen LogP contribution in [0, 0.1) is 6.92 Å². The van der Waals surface area contributed by atoms with Gasteiger partial charge in [-0.1, -0.05) is 11.6 Å². The van der Waals surface area contributed by atoms with Crippen LogP contribution < -0.4 is 4.90 Å². The SMILES string of the molecule is Cc1nc2cc(C(F)(F)F)c(N3CCN(C)CC3)cc2nc1Cl. The van der Waals surface area contributed by atoms with Gasteiger partial charge in [0, 0.05) is 26.2 Å². The molecular weight excluding hydrogens is 329 g/mol. The summed E-state index contributed by atoms with van der Waals surface area (Å²) < 4.78 is 40.4. The van der Waals surface area contributed by atoms with E-state index >= 15 is 0 Å². The average Bonchev–Trinajstić information content (AvgIpc) is 2.47. The standard InChI is InChI=1S/C15H16ClF3N4/c1-9-14(16)21-12-8-13(23-5-3-22(2)4-6-23)10(15(17,18)19)7-11(12)20-9/h7-8H,3-6H2,1-2H3. The number of nitrogens with zero attached hydrogens (tertiary/aromatic N) is 4. The van der Waals surface area contributed by atoms with Gasteiger partial charge in [-0.25, -0.2) is 9.97 Å². The molecule has 0 saturated carbocycles. The Balaban J connectivity index is 2.15. The van der Waals surface area contributed by atoms with E-state index in [2.05, 4.69) is 14.9 Å². The van der Waals surface area contributed by atoms with Gasteiger partial charge in [0.15, 0.2) is 5.15 Å². The van der Waals surface area contributed by atoms with Crippen LogP contribution >= 0.6 is 11.6 Å². The van der Waals surface area contributed by atoms with Crippen molar-refractivity contribution in [3.8, 4) is 0 Å². The lowest BCUT2D eigenvalue weighted by molar-refractivity contribution is -0.137. The summed E-state index contributed by atoms with van der Waals surface area (Å²) in [5.41, 5.74) is 0.470. The number of likely N-dealkylation sites (N-methyl/N-ethyl adjacent to an activating group) is 1. The van der Waals surface area contributed by atoms with Crippen molar-refractivity contribution in [2.24, 2.45) is 0 Å². The molecule has 1 saturated heterocycles. The van der Waals surface area contributed by atoms with E-state index in [0.717, 1.165) is 19.2 Å². The number of fused-ring (bicyclic) bond motifs is 1. The van der Waals surface area contributed by atoms with E-state index in [-0.39, 0.29) is 16.4 Å². The number of aryl methyl sites for hydroxylation is 1. The van der Waals surface area contributed by atoms with E-state index < -0.39 is 11.7 Å². The first-order valence-electron chi connectivity index (χ1n) is 7.24. The van der Waals surface area contributed by atoms with Crippen molar-refractivity contribution >= 4 is 28.3 Å². The molecule has 0 aliphatic carbocycles. The van der Waals surface area contributed by atoms with Crippen molar-refractivity contribution in [2.75, 3.05) is 38.1 Å². The molecule has 0 bridgehead atoms. The monoisotopic (exact) mass is 344 g/mol. The first kappa shape index (κ1) is 16.3. The Morgan fingerprint density at radius 3 is 2.26 bits per heavy atom. The lowest BCUT2D eigenvalue weighted by Crippen LogP contribution is -2.45. The molecule has 1 aromatic heterocycles. The van der Waals surface area contributed by atoms with Crippen LogP contribution in [0.1, 0.15) is 11.3 Å². The van der Waals surface area contributed by atoms with E-state index in [9.17, 15) is 13.2 Å². The molecule has 0 unspecified atom stereocenters. The van der Waals surface area contributed by atoms with Crippen LogP contribution in [0.25, 0.3) is 11.0 Å². The van der Waals surface area contributed by atoms with E-state index in [1.165, 1.54) is 6.07 Å². The number of piperazine rings is 1. The zero-order valence-electron chi connectivity index (χ0n) is 12.8. The predicted octanol–water partition coefficient (Wildman–Crippen LogP) is 3.36. The van der Waals surface area contributed by atoms with Crippen molar-refractivity contribution < 1.29 is 13.2 Å². The van der Waals surface area contributed by atoms with Gasteiger partial charge in [-0.05, 0) is 26.1 Å². The number of hydrogen-bond donors (Lipinski definition) is 0. The minimum Gasteiger partial charge on any atom is -0.368 e. The van der Waals surface area contributed by atoms with Crippen LogP contribution in [-0.2, 0) is 6.18 Å². The largest absolute Gasteiger partial charge is 0.418 e. The lowest BCUT2D eigenvalue weighted by Gasteiger charge is -2.35. The average molecular weight is 345 g/mol. The van der Waals surface area contributed by atoms with Crippen LogP contribution in [0.15, 0.2) is 12.1 Å². The van der Waals surface area contributed by atoms with Crippen LogP contribution in [0.2, 0.25) is 5.15 Å². The molecule has 23 heavy (non-hydrogen) atoms. The fourth-order valence-electron chi connectivity index (χ4n) is 2.69. The third kappa shape index (κ3) is 3.21. The molecule has 0 spiro atoms. The van der Waals surface area contributed by atoms with Crippen LogP contribution in [0.3, 0.4) is 0 Å². The van der Waals surface area contributed by atoms with Crippen molar-refractivity contribution in [1.82, 2.24) is 14.9 Å². The first-order chi connectivity index (χ1) is 10.8. The summed E-state index contributed by atoms with van der Waals surface area (Å²) in [6.45, 7) is 4.14. The Bertz CT molecular complexity index is 740. The molecule has 124 valence electrons. The minimum absolute atomic E-state index is 0.146. The third-order valence-electron chi connectivity index (χ3n) is 4.05. The van der Waals surface area contributed by atoms with Gasteiger partial charge in [-0.15, -0.1) is 0 Å². The molecule has 1 aliphatic heterocycles. The first-order valence-corrected chi connectivity index (χ1v) is 7.62. The topological polar surface area (TPSA) is 32.3 Å². The molecule has 8 heteroatoms. The summed E-state index contributed by atoms with van der Waals surface area (Å²) in [7, 11) is 1.95. The number of halogens is 4. The fourth-order valence-corrected chi connectivity index (χ4v) is 2.83. The second kappa shape index (κ2) is 5.79. The Morgan fingerprint density at radius 1 is 1.04 bits per heavy atom. The molecule has 4 nitrogen and oxygen atoms in total. The van der Waals surface area contributed by atoms with Crippen molar-refractivity contribution in [2.45, 2.75) is 13.1 Å². The van der Waals surface area contributed by atoms with Gasteiger partial charge in [-0.2, -0.15) is 13.2 Å². The summed E-state index contributed by atoms with van der Waals surface area (Å²) in [4.78, 5) is 12.1. The summed E-state index contributed by atoms with van der Waals surface area (Å²) in [6.07, 6.45) is -4.44. The highest BCUT2D eigenvalue weighted by atomic mass is 35.5. The Hall–Kier alpha value is -1.60. The van der Waals surface area contributed by atoms with E-state index in [0.29, 0.717) is 24.3 Å². The number of anilines is 1. The summed E-state index contributed by atoms with van der Waals surface area (Å²) in [5, 5.41) is 0.210. The minimum atomic E-state index is -4.44. The van der Waals surface area contributed by atoms with Gasteiger partial charge in [0.25, 0.3) is 0 Å². The molecule has 0 amide bonds. The van der Waals surface area contributed by atoms with Gasteiger partial charge in [0.05, 0.1) is 28.0 Å². The van der Waals surface area contributed by atoms with Crippen LogP contribution in [-0.4, -0.2) is 48.1 Å². The quantitative estimate of drug-likeness (QED) is 0.794. The summed E-state index contributed by atoms with van der Waals surface area (Å²) in [6, 6.07) is 2.51. The fraction of sp³-hybridized carbons (Fsp3) is 0.467. The third-order valence-corrected chi connectivity index (χ3v) is 4.41. The van der Waals surface area contributed by atoms with Crippen molar-refractivity contribution in [1.29, 1.82) is 0 Å². The molecule has 2 aromatic rings. The highest BCUT2D eigenvalue weighted by molar-refractivity contribution is 6.30. The highest BCUT2D eigenvalue weighted by Gasteiger charge is 2.36. The zero-order chi connectivity index (χ0) is 16.8. The molecule has 1 aromatic carbocycles. The molecule has 0 atom stereocenters. The number of benzene rings is 1. The van der Waals surface area contributed by atoms with Crippen molar-refractivity contribution in [3.05, 3.63) is 28.5 Å². The van der Waals surface area contributed by atoms with Crippen molar-refractivity contribution in [3.63, 3.8) is 0 Å². The maximum Gasteiger partial charge on any atom is 0.418 e. The molecule has 0 N–H and O–H groups in total. The van der Waals surface area contributed by atoms with E-state index in [1.54, 1.807) is 11.8 Å². The number of alkyl halides is 3. The maximum absolute atomic E-state index is 13.5. The number of aromatic nitrogens is 2. The molecule has 2 heterocycles. The normalized spacial score (nSPS) is 17.0. The zero-order valence-corrected chi connectivity index (χ0v) is 13.5. The van der Waals surface area contributed by atoms with Gasteiger partial charge in [-0.3, -0.25) is 0 Å². The molecule has 1 aliphatic rings. The summed E-state index contributed by atoms with van der Waals surface area (Å²) >= 11 is 5.96. The van der Waals surface area contributed by atoms with E-state index in [4.69, 9.17) is 11.6 Å². The van der Waals surface area contributed by atoms with E-state index in [1.807, 2.05) is 7.05 Å². The predicted molar refractivity (Wildman–Crippen MR) is 84.0 cm³/mol. The van der Waals surface area contributed by atoms with Gasteiger partial charge >= 0.3 is 6.18 Å². The summed E-state index contributed by atoms with van der Waals surface area (Å²) in [5.74, 6) is 0. The Morgan fingerprint density at radius 2 is 1.65 bits per heavy atom. The highest BCUT2D eigenvalue weighted by Crippen LogP contribution is 2.39. The number of rotatable bonds is 1. The van der Waals surface area contributed by atoms with Gasteiger partial charge in [0.1, 0.15) is 0 Å². The van der Waals surface area contributed by atoms with Crippen LogP contribution in [0.4, 0.5) is 18.9 Å². The smallest absolute Gasteiger partial charge is 0.368 e. The number of hydrogen-bond acceptors (Lipinski definition) is 4. The Labute approximate surface area is 136 Å².